The fourth-order valence-corrected chi connectivity index (χ4v) is 2.34. The average Bonchev–Trinajstić information content (AvgIpc) is 2.75. The van der Waals surface area contributed by atoms with E-state index in [1.807, 2.05) is 6.92 Å². The number of H-pyrrole nitrogens is 1. The highest BCUT2D eigenvalue weighted by atomic mass is 16.4. The maximum Gasteiger partial charge on any atom is 0.305 e. The van der Waals surface area contributed by atoms with Crippen molar-refractivity contribution < 1.29 is 14.7 Å². The number of nitrogens with one attached hydrogen (secondary N) is 1. The summed E-state index contributed by atoms with van der Waals surface area (Å²) in [6.45, 7) is 2.44. The fourth-order valence-electron chi connectivity index (χ4n) is 2.34. The smallest absolute Gasteiger partial charge is 0.305 e. The summed E-state index contributed by atoms with van der Waals surface area (Å²) in [5.74, 6) is -0.769. The van der Waals surface area contributed by atoms with Crippen LogP contribution in [0.25, 0.3) is 0 Å². The largest absolute Gasteiger partial charge is 0.481 e. The topological polar surface area (TPSA) is 86.3 Å². The molecule has 6 nitrogen and oxygen atoms in total. The molecule has 1 aromatic heterocycles. The molecule has 1 aromatic rings. The quantitative estimate of drug-likeness (QED) is 0.844. The van der Waals surface area contributed by atoms with Gasteiger partial charge in [-0.1, -0.05) is 0 Å². The Kier molecular flexibility index (Phi) is 3.64. The average molecular weight is 251 g/mol. The summed E-state index contributed by atoms with van der Waals surface area (Å²) in [5.41, 5.74) is 0.824. The Bertz CT molecular complexity index is 455. The van der Waals surface area contributed by atoms with Gasteiger partial charge in [0.1, 0.15) is 0 Å². The molecule has 0 bridgehead atoms. The maximum atomic E-state index is 12.2. The van der Waals surface area contributed by atoms with Crippen molar-refractivity contribution >= 4 is 11.9 Å². The first-order chi connectivity index (χ1) is 8.58. The first-order valence-electron chi connectivity index (χ1n) is 6.12. The van der Waals surface area contributed by atoms with Gasteiger partial charge >= 0.3 is 5.97 Å². The molecular weight excluding hydrogens is 234 g/mol. The van der Waals surface area contributed by atoms with Gasteiger partial charge in [0, 0.05) is 24.5 Å². The van der Waals surface area contributed by atoms with Crippen LogP contribution in [0, 0.1) is 6.92 Å². The Labute approximate surface area is 105 Å². The predicted octanol–water partition coefficient (Wildman–Crippen LogP) is 1.19. The van der Waals surface area contributed by atoms with E-state index in [4.69, 9.17) is 5.11 Å². The van der Waals surface area contributed by atoms with Crippen LogP contribution in [0.4, 0.5) is 0 Å². The predicted molar refractivity (Wildman–Crippen MR) is 64.3 cm³/mol. The second-order valence-corrected chi connectivity index (χ2v) is 4.66. The van der Waals surface area contributed by atoms with Gasteiger partial charge in [-0.3, -0.25) is 9.59 Å². The summed E-state index contributed by atoms with van der Waals surface area (Å²) in [5, 5.41) is 8.88. The van der Waals surface area contributed by atoms with Crippen molar-refractivity contribution in [3.8, 4) is 0 Å². The van der Waals surface area contributed by atoms with Gasteiger partial charge < -0.3 is 15.0 Å². The Morgan fingerprint density at radius 2 is 2.33 bits per heavy atom. The lowest BCUT2D eigenvalue weighted by molar-refractivity contribution is -0.138. The first kappa shape index (κ1) is 12.6. The lowest BCUT2D eigenvalue weighted by Crippen LogP contribution is -2.45. The lowest BCUT2D eigenvalue weighted by atomic mass is 9.99. The van der Waals surface area contributed by atoms with Gasteiger partial charge in [-0.15, -0.1) is 0 Å². The zero-order valence-electron chi connectivity index (χ0n) is 10.3. The van der Waals surface area contributed by atoms with E-state index in [0.29, 0.717) is 12.4 Å². The summed E-state index contributed by atoms with van der Waals surface area (Å²) in [6.07, 6.45) is 4.24. The van der Waals surface area contributed by atoms with Crippen LogP contribution in [0.15, 0.2) is 6.20 Å². The molecule has 1 fully saturated rings. The highest BCUT2D eigenvalue weighted by molar-refractivity contribution is 5.91. The van der Waals surface area contributed by atoms with Gasteiger partial charge in [0.2, 0.25) is 0 Å². The minimum absolute atomic E-state index is 0.00539. The molecule has 0 aliphatic carbocycles. The van der Waals surface area contributed by atoms with Crippen molar-refractivity contribution in [1.29, 1.82) is 0 Å². The molecule has 1 saturated heterocycles. The number of hydrogen-bond donors (Lipinski definition) is 2. The fraction of sp³-hybridized carbons (Fsp3) is 0.583. The number of imidazole rings is 1. The highest BCUT2D eigenvalue weighted by Crippen LogP contribution is 2.21. The molecule has 1 amide bonds. The highest BCUT2D eigenvalue weighted by Gasteiger charge is 2.30. The molecule has 1 atom stereocenters. The molecule has 1 aliphatic rings. The van der Waals surface area contributed by atoms with Crippen molar-refractivity contribution in [3.05, 3.63) is 17.7 Å². The van der Waals surface area contributed by atoms with Gasteiger partial charge in [-0.25, -0.2) is 4.98 Å². The number of aryl methyl sites for hydroxylation is 1. The first-order valence-corrected chi connectivity index (χ1v) is 6.12. The Balaban J connectivity index is 2.13. The minimum Gasteiger partial charge on any atom is -0.481 e. The second kappa shape index (κ2) is 5.20. The summed E-state index contributed by atoms with van der Waals surface area (Å²) in [6, 6.07) is -0.214. The second-order valence-electron chi connectivity index (χ2n) is 4.66. The van der Waals surface area contributed by atoms with Gasteiger partial charge in [0.15, 0.2) is 5.82 Å². The Morgan fingerprint density at radius 3 is 2.94 bits per heavy atom. The van der Waals surface area contributed by atoms with Crippen LogP contribution in [0.3, 0.4) is 0 Å². The zero-order valence-corrected chi connectivity index (χ0v) is 10.3. The van der Waals surface area contributed by atoms with Crippen molar-refractivity contribution in [2.45, 2.75) is 38.6 Å². The van der Waals surface area contributed by atoms with Gasteiger partial charge in [0.05, 0.1) is 6.42 Å². The van der Waals surface area contributed by atoms with Crippen LogP contribution in [0.1, 0.15) is 42.0 Å². The number of carbonyl (C=O) groups is 2. The number of amides is 1. The monoisotopic (exact) mass is 251 g/mol. The van der Waals surface area contributed by atoms with Crippen molar-refractivity contribution in [2.24, 2.45) is 0 Å². The lowest BCUT2D eigenvalue weighted by Gasteiger charge is -2.34. The Hall–Kier alpha value is -1.85. The number of aliphatic carboxylic acids is 1. The van der Waals surface area contributed by atoms with Gasteiger partial charge in [0.25, 0.3) is 5.91 Å². The van der Waals surface area contributed by atoms with E-state index in [1.165, 1.54) is 0 Å². The number of carboxylic acids is 1. The molecule has 6 heteroatoms. The van der Waals surface area contributed by atoms with E-state index in [1.54, 1.807) is 11.1 Å². The molecule has 0 aromatic carbocycles. The van der Waals surface area contributed by atoms with Crippen LogP contribution in [0.5, 0.6) is 0 Å². The molecule has 2 heterocycles. The van der Waals surface area contributed by atoms with Gasteiger partial charge in [-0.2, -0.15) is 0 Å². The summed E-state index contributed by atoms with van der Waals surface area (Å²) in [7, 11) is 0. The normalized spacial score (nSPS) is 19.8. The van der Waals surface area contributed by atoms with Crippen molar-refractivity contribution in [3.63, 3.8) is 0 Å². The van der Waals surface area contributed by atoms with E-state index in [0.717, 1.165) is 25.0 Å². The summed E-state index contributed by atoms with van der Waals surface area (Å²) < 4.78 is 0. The number of carbonyl (C=O) groups excluding carboxylic acids is 1. The van der Waals surface area contributed by atoms with Crippen molar-refractivity contribution in [2.75, 3.05) is 6.54 Å². The standard InChI is InChI=1S/C12H17N3O3/c1-8-7-13-11(14-8)12(18)15-5-3-2-4-9(15)6-10(16)17/h7,9H,2-6H2,1H3,(H,13,14)(H,16,17)/t9-/m1/s1. The van der Waals surface area contributed by atoms with E-state index >= 15 is 0 Å². The number of nitrogens with zero attached hydrogens (tertiary/aromatic N) is 2. The molecule has 0 unspecified atom stereocenters. The number of piperidine rings is 1. The molecule has 0 saturated carbocycles. The third-order valence-corrected chi connectivity index (χ3v) is 3.20. The van der Waals surface area contributed by atoms with Crippen LogP contribution in [0.2, 0.25) is 0 Å². The minimum atomic E-state index is -0.865. The summed E-state index contributed by atoms with van der Waals surface area (Å²) in [4.78, 5) is 31.6. The van der Waals surface area contributed by atoms with Crippen LogP contribution >= 0.6 is 0 Å². The molecule has 2 rings (SSSR count). The van der Waals surface area contributed by atoms with E-state index < -0.39 is 5.97 Å². The number of carboxylic acid groups (broad SMARTS) is 1. The zero-order chi connectivity index (χ0) is 13.1. The molecule has 0 radical (unpaired) electrons. The molecular formula is C12H17N3O3. The SMILES string of the molecule is Cc1cnc(C(=O)N2CCCC[C@@H]2CC(=O)O)[nH]1. The molecule has 18 heavy (non-hydrogen) atoms. The van der Waals surface area contributed by atoms with Crippen LogP contribution < -0.4 is 0 Å². The number of likely N-dealkylation sites (tertiary alicyclic amines) is 1. The third-order valence-electron chi connectivity index (χ3n) is 3.20. The Morgan fingerprint density at radius 1 is 1.56 bits per heavy atom. The third kappa shape index (κ3) is 2.69. The number of rotatable bonds is 3. The molecule has 1 aliphatic heterocycles. The maximum absolute atomic E-state index is 12.2. The van der Waals surface area contributed by atoms with Crippen molar-refractivity contribution in [1.82, 2.24) is 14.9 Å². The number of aromatic amines is 1. The number of hydrogen-bond acceptors (Lipinski definition) is 3. The molecule has 2 N–H and O–H groups in total. The van der Waals surface area contributed by atoms with Crippen LogP contribution in [-0.4, -0.2) is 44.4 Å². The summed E-state index contributed by atoms with van der Waals surface area (Å²) >= 11 is 0. The molecule has 0 spiro atoms. The van der Waals surface area contributed by atoms with E-state index in [9.17, 15) is 9.59 Å². The van der Waals surface area contributed by atoms with E-state index in [-0.39, 0.29) is 18.4 Å². The molecule has 98 valence electrons. The number of aromatic nitrogens is 2. The van der Waals surface area contributed by atoms with E-state index in [2.05, 4.69) is 9.97 Å². The van der Waals surface area contributed by atoms with Gasteiger partial charge in [-0.05, 0) is 26.2 Å². The van der Waals surface area contributed by atoms with Crippen LogP contribution in [-0.2, 0) is 4.79 Å².